The zero-order valence-corrected chi connectivity index (χ0v) is 22.5. The maximum Gasteiger partial charge on any atom is 0.418 e. The molecule has 5 nitrogen and oxygen atoms in total. The number of dihydropyridines is 2. The van der Waals surface area contributed by atoms with Gasteiger partial charge in [-0.25, -0.2) is 0 Å². The van der Waals surface area contributed by atoms with E-state index < -0.39 is 29.6 Å². The van der Waals surface area contributed by atoms with Gasteiger partial charge in [0.15, 0.2) is 0 Å². The summed E-state index contributed by atoms with van der Waals surface area (Å²) in [5.74, 6) is 0. The highest BCUT2D eigenvalue weighted by molar-refractivity contribution is 6.09. The average molecular weight is 576 g/mol. The summed E-state index contributed by atoms with van der Waals surface area (Å²) in [7, 11) is 0. The van der Waals surface area contributed by atoms with Gasteiger partial charge >= 0.3 is 12.4 Å². The maximum absolute atomic E-state index is 13.7. The summed E-state index contributed by atoms with van der Waals surface area (Å²) in [5, 5.41) is 6.60. The fourth-order valence-corrected chi connectivity index (χ4v) is 5.57. The highest BCUT2D eigenvalue weighted by atomic mass is 19.4. The van der Waals surface area contributed by atoms with Crippen LogP contribution in [0.3, 0.4) is 0 Å². The van der Waals surface area contributed by atoms with E-state index in [1.165, 1.54) is 49.7 Å². The van der Waals surface area contributed by atoms with E-state index in [1.54, 1.807) is 6.08 Å². The van der Waals surface area contributed by atoms with Gasteiger partial charge in [-0.2, -0.15) is 26.3 Å². The van der Waals surface area contributed by atoms with Crippen molar-refractivity contribution in [3.8, 4) is 0 Å². The number of fused-ring (bicyclic) bond motifs is 1. The average Bonchev–Trinajstić information content (AvgIpc) is 2.95. The van der Waals surface area contributed by atoms with Crippen molar-refractivity contribution in [2.75, 3.05) is 18.4 Å². The second-order valence-electron chi connectivity index (χ2n) is 10.4. The van der Waals surface area contributed by atoms with Crippen molar-refractivity contribution in [1.29, 1.82) is 0 Å². The number of allylic oxidation sites excluding steroid dienone is 2. The minimum absolute atomic E-state index is 0.0916. The van der Waals surface area contributed by atoms with E-state index in [2.05, 4.69) is 32.4 Å². The summed E-state index contributed by atoms with van der Waals surface area (Å²) in [6, 6.07) is 7.36. The van der Waals surface area contributed by atoms with Crippen LogP contribution in [0.25, 0.3) is 0 Å². The van der Waals surface area contributed by atoms with Crippen LogP contribution in [0.4, 0.5) is 32.0 Å². The Bertz CT molecular complexity index is 1360. The molecule has 2 N–H and O–H groups in total. The molecule has 3 aliphatic rings. The van der Waals surface area contributed by atoms with Gasteiger partial charge in [0.25, 0.3) is 0 Å². The first-order valence-corrected chi connectivity index (χ1v) is 13.7. The number of alkyl halides is 6. The lowest BCUT2D eigenvalue weighted by atomic mass is 9.93. The third-order valence-electron chi connectivity index (χ3n) is 7.65. The molecule has 0 spiro atoms. The van der Waals surface area contributed by atoms with Crippen LogP contribution in [-0.4, -0.2) is 40.9 Å². The van der Waals surface area contributed by atoms with Crippen LogP contribution in [0.1, 0.15) is 55.8 Å². The van der Waals surface area contributed by atoms with Crippen molar-refractivity contribution in [2.45, 2.75) is 63.6 Å². The number of benzene rings is 1. The van der Waals surface area contributed by atoms with Crippen LogP contribution in [0.2, 0.25) is 0 Å². The molecule has 41 heavy (non-hydrogen) atoms. The Balaban J connectivity index is 1.48. The normalized spacial score (nSPS) is 20.0. The monoisotopic (exact) mass is 575 g/mol. The number of rotatable bonds is 7. The van der Waals surface area contributed by atoms with Crippen LogP contribution < -0.4 is 10.6 Å². The number of nitrogens with zero attached hydrogens (tertiary/aromatic N) is 3. The number of hydrogen-bond donors (Lipinski definition) is 2. The number of likely N-dealkylation sites (N-methyl/N-ethyl adjacent to an activating group) is 1. The first-order chi connectivity index (χ1) is 19.5. The molecule has 2 aliphatic heterocycles. The van der Waals surface area contributed by atoms with Gasteiger partial charge in [-0.15, -0.1) is 0 Å². The number of aliphatic imine (C=N–C) groups is 1. The lowest BCUT2D eigenvalue weighted by Gasteiger charge is -2.36. The number of anilines is 1. The highest BCUT2D eigenvalue weighted by Gasteiger charge is 2.36. The van der Waals surface area contributed by atoms with E-state index in [0.29, 0.717) is 29.5 Å². The molecule has 0 saturated heterocycles. The standard InChI is InChI=1S/C30H31F6N5/c1-2-41(22-7-4-3-5-8-22)18-21-17-26(38-20-12-10-19(11-13-20)29(31,32)33)23-14-15-25(40-28(23)39-21)27-24(30(34,35)36)9-6-16-37-27/h6,9-17,22,28,38-39H,2-5,7-8,18H2,1H3. The number of nitrogens with one attached hydrogen (secondary N) is 2. The Hall–Kier alpha value is -3.60. The molecule has 1 fully saturated rings. The van der Waals surface area contributed by atoms with Gasteiger partial charge in [-0.3, -0.25) is 14.9 Å². The molecule has 1 saturated carbocycles. The third-order valence-corrected chi connectivity index (χ3v) is 7.65. The third kappa shape index (κ3) is 6.66. The Morgan fingerprint density at radius 2 is 1.68 bits per heavy atom. The SMILES string of the molecule is CCN(CC1=CC(Nc2ccc(C(F)(F)F)cc2)=C2C=CC(c3ncccc3C(F)(F)F)=NC2N1)C1CCCCC1. The van der Waals surface area contributed by atoms with Gasteiger partial charge < -0.3 is 10.6 Å². The Morgan fingerprint density at radius 1 is 0.951 bits per heavy atom. The van der Waals surface area contributed by atoms with Crippen LogP contribution in [0, 0.1) is 0 Å². The minimum Gasteiger partial charge on any atom is -0.362 e. The first kappa shape index (κ1) is 28.9. The van der Waals surface area contributed by atoms with Crippen molar-refractivity contribution >= 4 is 11.4 Å². The lowest BCUT2D eigenvalue weighted by molar-refractivity contribution is -0.138. The van der Waals surface area contributed by atoms with Crippen LogP contribution in [-0.2, 0) is 12.4 Å². The summed E-state index contributed by atoms with van der Waals surface area (Å²) in [6.07, 6.45) is 2.38. The van der Waals surface area contributed by atoms with Crippen LogP contribution >= 0.6 is 0 Å². The van der Waals surface area contributed by atoms with Gasteiger partial charge in [0.05, 0.1) is 16.8 Å². The predicted octanol–water partition coefficient (Wildman–Crippen LogP) is 7.31. The molecule has 1 atom stereocenters. The number of halogens is 6. The van der Waals surface area contributed by atoms with E-state index in [-0.39, 0.29) is 11.4 Å². The number of aromatic nitrogens is 1. The van der Waals surface area contributed by atoms with E-state index in [0.717, 1.165) is 43.3 Å². The summed E-state index contributed by atoms with van der Waals surface area (Å²) in [5.41, 5.74) is 0.729. The van der Waals surface area contributed by atoms with E-state index in [9.17, 15) is 26.3 Å². The van der Waals surface area contributed by atoms with Crippen molar-refractivity contribution in [3.63, 3.8) is 0 Å². The first-order valence-electron chi connectivity index (χ1n) is 13.7. The maximum atomic E-state index is 13.7. The second-order valence-corrected chi connectivity index (χ2v) is 10.4. The van der Waals surface area contributed by atoms with E-state index in [4.69, 9.17) is 0 Å². The Kier molecular flexibility index (Phi) is 8.26. The molecule has 3 heterocycles. The van der Waals surface area contributed by atoms with Crippen LogP contribution in [0.5, 0.6) is 0 Å². The fraction of sp³-hybridized carbons (Fsp3) is 0.400. The van der Waals surface area contributed by atoms with Gasteiger partial charge in [0.2, 0.25) is 0 Å². The van der Waals surface area contributed by atoms with Crippen LogP contribution in [0.15, 0.2) is 82.8 Å². The summed E-state index contributed by atoms with van der Waals surface area (Å²) < 4.78 is 80.4. The van der Waals surface area contributed by atoms with E-state index in [1.807, 2.05) is 6.08 Å². The van der Waals surface area contributed by atoms with Gasteiger partial charge in [-0.05, 0) is 67.9 Å². The molecule has 2 aromatic rings. The second kappa shape index (κ2) is 11.7. The molecule has 1 aromatic heterocycles. The predicted molar refractivity (Wildman–Crippen MR) is 146 cm³/mol. The molecule has 1 aromatic carbocycles. The topological polar surface area (TPSA) is 52.5 Å². The van der Waals surface area contributed by atoms with E-state index >= 15 is 0 Å². The molecular formula is C30H31F6N5. The number of pyridine rings is 1. The summed E-state index contributed by atoms with van der Waals surface area (Å²) in [4.78, 5) is 11.0. The molecular weight excluding hydrogens is 544 g/mol. The lowest BCUT2D eigenvalue weighted by Crippen LogP contribution is -2.43. The Morgan fingerprint density at radius 3 is 2.34 bits per heavy atom. The van der Waals surface area contributed by atoms with Gasteiger partial charge in [0.1, 0.15) is 11.9 Å². The summed E-state index contributed by atoms with van der Waals surface area (Å²) in [6.45, 7) is 3.50. The quantitative estimate of drug-likeness (QED) is 0.340. The molecule has 0 bridgehead atoms. The highest BCUT2D eigenvalue weighted by Crippen LogP contribution is 2.34. The largest absolute Gasteiger partial charge is 0.418 e. The van der Waals surface area contributed by atoms with Crippen molar-refractivity contribution < 1.29 is 26.3 Å². The number of hydrogen-bond acceptors (Lipinski definition) is 5. The Labute approximate surface area is 234 Å². The molecule has 1 aliphatic carbocycles. The minimum atomic E-state index is -4.60. The van der Waals surface area contributed by atoms with Crippen molar-refractivity contribution in [3.05, 3.63) is 94.6 Å². The van der Waals surface area contributed by atoms with Gasteiger partial charge in [-0.1, -0.05) is 32.3 Å². The molecule has 5 rings (SSSR count). The van der Waals surface area contributed by atoms with Crippen molar-refractivity contribution in [2.24, 2.45) is 4.99 Å². The molecule has 0 amide bonds. The molecule has 1 unspecified atom stereocenters. The van der Waals surface area contributed by atoms with Crippen molar-refractivity contribution in [1.82, 2.24) is 15.2 Å². The zero-order chi connectivity index (χ0) is 29.2. The molecule has 0 radical (unpaired) electrons. The molecule has 218 valence electrons. The zero-order valence-electron chi connectivity index (χ0n) is 22.5. The summed E-state index contributed by atoms with van der Waals surface area (Å²) >= 11 is 0. The molecule has 11 heteroatoms. The van der Waals surface area contributed by atoms with Gasteiger partial charge in [0, 0.05) is 41.4 Å². The fourth-order valence-electron chi connectivity index (χ4n) is 5.57. The smallest absolute Gasteiger partial charge is 0.362 e.